The van der Waals surface area contributed by atoms with Crippen LogP contribution in [0.2, 0.25) is 0 Å². The van der Waals surface area contributed by atoms with Crippen LogP contribution in [0.25, 0.3) is 0 Å². The smallest absolute Gasteiger partial charge is 0.406 e. The molecule has 6 heteroatoms. The summed E-state index contributed by atoms with van der Waals surface area (Å²) in [7, 11) is 0. The zero-order valence-corrected chi connectivity index (χ0v) is 9.17. The standard InChI is InChI=1S/C11H12F3NO2/c1-10(15,11(12,13)14)5-7-2-3-8-9(4-7)17-6-16-8/h2-4H,5-6,15H2,1H3. The Morgan fingerprint density at radius 1 is 1.24 bits per heavy atom. The van der Waals surface area contributed by atoms with E-state index in [1.807, 2.05) is 0 Å². The third-order valence-corrected chi connectivity index (χ3v) is 2.66. The summed E-state index contributed by atoms with van der Waals surface area (Å²) in [5, 5.41) is 0. The van der Waals surface area contributed by atoms with Gasteiger partial charge in [-0.1, -0.05) is 6.07 Å². The fourth-order valence-corrected chi connectivity index (χ4v) is 1.58. The third kappa shape index (κ3) is 2.31. The van der Waals surface area contributed by atoms with Crippen LogP contribution in [0.3, 0.4) is 0 Å². The molecule has 3 nitrogen and oxygen atoms in total. The zero-order chi connectivity index (χ0) is 12.7. The molecule has 1 aliphatic rings. The van der Waals surface area contributed by atoms with Gasteiger partial charge in [0.25, 0.3) is 0 Å². The number of hydrogen-bond acceptors (Lipinski definition) is 3. The fourth-order valence-electron chi connectivity index (χ4n) is 1.58. The molecule has 0 aliphatic carbocycles. The van der Waals surface area contributed by atoms with Gasteiger partial charge in [-0.3, -0.25) is 0 Å². The van der Waals surface area contributed by atoms with Crippen molar-refractivity contribution in [1.29, 1.82) is 0 Å². The molecule has 1 heterocycles. The molecular formula is C11H12F3NO2. The molecule has 0 saturated carbocycles. The van der Waals surface area contributed by atoms with Crippen LogP contribution in [-0.4, -0.2) is 18.5 Å². The van der Waals surface area contributed by atoms with Gasteiger partial charge in [0.2, 0.25) is 6.79 Å². The van der Waals surface area contributed by atoms with Gasteiger partial charge < -0.3 is 15.2 Å². The number of nitrogens with two attached hydrogens (primary N) is 1. The lowest BCUT2D eigenvalue weighted by atomic mass is 9.93. The highest BCUT2D eigenvalue weighted by Crippen LogP contribution is 2.35. The molecule has 2 N–H and O–H groups in total. The van der Waals surface area contributed by atoms with Crippen LogP contribution >= 0.6 is 0 Å². The topological polar surface area (TPSA) is 44.5 Å². The van der Waals surface area contributed by atoms with Gasteiger partial charge in [-0.05, 0) is 31.0 Å². The Balaban J connectivity index is 2.20. The predicted molar refractivity (Wildman–Crippen MR) is 54.9 cm³/mol. The van der Waals surface area contributed by atoms with E-state index < -0.39 is 11.7 Å². The Morgan fingerprint density at radius 2 is 1.88 bits per heavy atom. The summed E-state index contributed by atoms with van der Waals surface area (Å²) in [5.74, 6) is 1.000. The second-order valence-electron chi connectivity index (χ2n) is 4.28. The third-order valence-electron chi connectivity index (χ3n) is 2.66. The van der Waals surface area contributed by atoms with E-state index in [4.69, 9.17) is 15.2 Å². The highest BCUT2D eigenvalue weighted by molar-refractivity contribution is 5.44. The Hall–Kier alpha value is -1.43. The average Bonchev–Trinajstić information content (AvgIpc) is 2.62. The van der Waals surface area contributed by atoms with E-state index in [0.29, 0.717) is 17.1 Å². The van der Waals surface area contributed by atoms with Crippen molar-refractivity contribution >= 4 is 0 Å². The van der Waals surface area contributed by atoms with Crippen LogP contribution in [0.1, 0.15) is 12.5 Å². The molecule has 0 amide bonds. The lowest BCUT2D eigenvalue weighted by molar-refractivity contribution is -0.180. The van der Waals surface area contributed by atoms with Crippen molar-refractivity contribution in [2.75, 3.05) is 6.79 Å². The lowest BCUT2D eigenvalue weighted by Crippen LogP contribution is -2.52. The second kappa shape index (κ2) is 3.80. The van der Waals surface area contributed by atoms with Crippen LogP contribution in [0.15, 0.2) is 18.2 Å². The van der Waals surface area contributed by atoms with E-state index in [9.17, 15) is 13.2 Å². The minimum Gasteiger partial charge on any atom is -0.454 e. The summed E-state index contributed by atoms with van der Waals surface area (Å²) in [6.07, 6.45) is -4.74. The number of rotatable bonds is 2. The van der Waals surface area contributed by atoms with Crippen LogP contribution < -0.4 is 15.2 Å². The molecule has 2 rings (SSSR count). The van der Waals surface area contributed by atoms with E-state index in [1.165, 1.54) is 6.07 Å². The van der Waals surface area contributed by atoms with E-state index >= 15 is 0 Å². The van der Waals surface area contributed by atoms with Gasteiger partial charge in [0.1, 0.15) is 5.54 Å². The molecule has 1 atom stereocenters. The van der Waals surface area contributed by atoms with Gasteiger partial charge in [0.05, 0.1) is 0 Å². The van der Waals surface area contributed by atoms with E-state index in [1.54, 1.807) is 12.1 Å². The molecular weight excluding hydrogens is 235 g/mol. The van der Waals surface area contributed by atoms with Crippen molar-refractivity contribution in [3.05, 3.63) is 23.8 Å². The molecule has 1 aliphatic heterocycles. The number of ether oxygens (including phenoxy) is 2. The predicted octanol–water partition coefficient (Wildman–Crippen LogP) is 2.24. The minimum absolute atomic E-state index is 0.0952. The molecule has 0 aromatic heterocycles. The van der Waals surface area contributed by atoms with Crippen LogP contribution in [0.5, 0.6) is 11.5 Å². The molecule has 94 valence electrons. The normalized spacial score (nSPS) is 17.9. The van der Waals surface area contributed by atoms with E-state index in [2.05, 4.69) is 0 Å². The maximum atomic E-state index is 12.6. The van der Waals surface area contributed by atoms with Crippen molar-refractivity contribution < 1.29 is 22.6 Å². The first-order valence-corrected chi connectivity index (χ1v) is 5.04. The Labute approximate surface area is 96.3 Å². The van der Waals surface area contributed by atoms with Gasteiger partial charge in [-0.15, -0.1) is 0 Å². The maximum Gasteiger partial charge on any atom is 0.406 e. The second-order valence-corrected chi connectivity index (χ2v) is 4.28. The first-order chi connectivity index (χ1) is 7.79. The van der Waals surface area contributed by atoms with Crippen LogP contribution in [-0.2, 0) is 6.42 Å². The van der Waals surface area contributed by atoms with Crippen molar-refractivity contribution in [1.82, 2.24) is 0 Å². The highest BCUT2D eigenvalue weighted by atomic mass is 19.4. The number of hydrogen-bond donors (Lipinski definition) is 1. The zero-order valence-electron chi connectivity index (χ0n) is 9.17. The molecule has 1 aromatic rings. The average molecular weight is 247 g/mol. The first kappa shape index (κ1) is 12.0. The van der Waals surface area contributed by atoms with Crippen LogP contribution in [0, 0.1) is 0 Å². The number of alkyl halides is 3. The Morgan fingerprint density at radius 3 is 2.53 bits per heavy atom. The lowest BCUT2D eigenvalue weighted by Gasteiger charge is -2.27. The summed E-state index contributed by atoms with van der Waals surface area (Å²) in [6, 6.07) is 4.67. The summed E-state index contributed by atoms with van der Waals surface area (Å²) >= 11 is 0. The Kier molecular flexibility index (Phi) is 2.69. The summed E-state index contributed by atoms with van der Waals surface area (Å²) in [5.41, 5.74) is 3.49. The summed E-state index contributed by atoms with van der Waals surface area (Å²) in [6.45, 7) is 1.07. The highest BCUT2D eigenvalue weighted by Gasteiger charge is 2.47. The molecule has 1 unspecified atom stereocenters. The quantitative estimate of drug-likeness (QED) is 0.871. The number of fused-ring (bicyclic) bond motifs is 1. The molecule has 1 aromatic carbocycles. The van der Waals surface area contributed by atoms with Crippen molar-refractivity contribution in [3.63, 3.8) is 0 Å². The monoisotopic (exact) mass is 247 g/mol. The maximum absolute atomic E-state index is 12.6. The van der Waals surface area contributed by atoms with Gasteiger partial charge in [-0.2, -0.15) is 13.2 Å². The number of halogens is 3. The molecule has 0 fully saturated rings. The van der Waals surface area contributed by atoms with Gasteiger partial charge in [-0.25, -0.2) is 0 Å². The molecule has 0 spiro atoms. The fraction of sp³-hybridized carbons (Fsp3) is 0.455. The van der Waals surface area contributed by atoms with E-state index in [-0.39, 0.29) is 13.2 Å². The number of benzene rings is 1. The van der Waals surface area contributed by atoms with Crippen molar-refractivity contribution in [2.45, 2.75) is 25.1 Å². The summed E-state index contributed by atoms with van der Waals surface area (Å²) in [4.78, 5) is 0. The first-order valence-electron chi connectivity index (χ1n) is 5.04. The van der Waals surface area contributed by atoms with Gasteiger partial charge in [0, 0.05) is 0 Å². The van der Waals surface area contributed by atoms with Crippen molar-refractivity contribution in [2.24, 2.45) is 5.73 Å². The van der Waals surface area contributed by atoms with Crippen molar-refractivity contribution in [3.8, 4) is 11.5 Å². The van der Waals surface area contributed by atoms with Crippen LogP contribution in [0.4, 0.5) is 13.2 Å². The Bertz CT molecular complexity index is 429. The molecule has 0 saturated heterocycles. The summed E-state index contributed by atoms with van der Waals surface area (Å²) < 4.78 is 48.0. The van der Waals surface area contributed by atoms with E-state index in [0.717, 1.165) is 6.92 Å². The largest absolute Gasteiger partial charge is 0.454 e. The minimum atomic E-state index is -4.44. The molecule has 17 heavy (non-hydrogen) atoms. The molecule has 0 bridgehead atoms. The van der Waals surface area contributed by atoms with Gasteiger partial charge >= 0.3 is 6.18 Å². The van der Waals surface area contributed by atoms with Gasteiger partial charge in [0.15, 0.2) is 11.5 Å². The molecule has 0 radical (unpaired) electrons. The SMILES string of the molecule is CC(N)(Cc1ccc2c(c1)OCO2)C(F)(F)F.